The van der Waals surface area contributed by atoms with Gasteiger partial charge < -0.3 is 16.2 Å². The third kappa shape index (κ3) is 3.18. The number of carboxylic acids is 1. The van der Waals surface area contributed by atoms with Crippen LogP contribution in [0.1, 0.15) is 46.5 Å². The molecule has 112 valence electrons. The van der Waals surface area contributed by atoms with Crippen molar-refractivity contribution in [3.8, 4) is 0 Å². The van der Waals surface area contributed by atoms with E-state index in [9.17, 15) is 14.4 Å². The van der Waals surface area contributed by atoms with Crippen LogP contribution in [0, 0.1) is 5.41 Å². The number of carboxylic acid groups (broad SMARTS) is 1. The molecular formula is C14H22N2O4. The fourth-order valence-corrected chi connectivity index (χ4v) is 2.57. The van der Waals surface area contributed by atoms with Crippen molar-refractivity contribution in [1.29, 1.82) is 0 Å². The average molecular weight is 282 g/mol. The van der Waals surface area contributed by atoms with Gasteiger partial charge in [0.25, 0.3) is 0 Å². The molecule has 2 atom stereocenters. The summed E-state index contributed by atoms with van der Waals surface area (Å²) in [5, 5.41) is 11.4. The van der Waals surface area contributed by atoms with Gasteiger partial charge in [-0.1, -0.05) is 11.6 Å². The monoisotopic (exact) mass is 282 g/mol. The van der Waals surface area contributed by atoms with E-state index in [-0.39, 0.29) is 18.7 Å². The SMILES string of the molecule is CC1=CCC(C)(C(N)=O)C(C)(NC(=O)CCC(=O)O)C1. The van der Waals surface area contributed by atoms with Crippen LogP contribution in [0.25, 0.3) is 0 Å². The Morgan fingerprint density at radius 3 is 2.45 bits per heavy atom. The Hall–Kier alpha value is -1.85. The Morgan fingerprint density at radius 2 is 1.95 bits per heavy atom. The first kappa shape index (κ1) is 16.2. The standard InChI is InChI=1S/C14H22N2O4/c1-9-6-7-13(2,12(15)20)14(3,8-9)16-10(17)4-5-11(18)19/h6H,4-5,7-8H2,1-3H3,(H2,15,20)(H,16,17)(H,18,19). The molecule has 1 rings (SSSR count). The number of amides is 2. The second kappa shape index (κ2) is 5.64. The molecule has 0 aromatic rings. The first-order valence-corrected chi connectivity index (χ1v) is 6.59. The molecule has 6 heteroatoms. The number of rotatable bonds is 5. The molecule has 0 aliphatic heterocycles. The molecule has 0 radical (unpaired) electrons. The smallest absolute Gasteiger partial charge is 0.303 e. The zero-order valence-electron chi connectivity index (χ0n) is 12.2. The number of nitrogens with one attached hydrogen (secondary N) is 1. The molecule has 1 aliphatic carbocycles. The van der Waals surface area contributed by atoms with Gasteiger partial charge in [0.1, 0.15) is 0 Å². The summed E-state index contributed by atoms with van der Waals surface area (Å²) < 4.78 is 0. The maximum atomic E-state index is 11.9. The van der Waals surface area contributed by atoms with Gasteiger partial charge in [-0.3, -0.25) is 14.4 Å². The lowest BCUT2D eigenvalue weighted by Gasteiger charge is -2.47. The summed E-state index contributed by atoms with van der Waals surface area (Å²) in [4.78, 5) is 34.2. The lowest BCUT2D eigenvalue weighted by atomic mass is 9.63. The summed E-state index contributed by atoms with van der Waals surface area (Å²) in [5.41, 5.74) is 4.90. The fraction of sp³-hybridized carbons (Fsp3) is 0.643. The molecule has 0 heterocycles. The van der Waals surface area contributed by atoms with Gasteiger partial charge in [0, 0.05) is 6.42 Å². The van der Waals surface area contributed by atoms with Crippen LogP contribution in [0.4, 0.5) is 0 Å². The summed E-state index contributed by atoms with van der Waals surface area (Å²) >= 11 is 0. The lowest BCUT2D eigenvalue weighted by Crippen LogP contribution is -2.62. The average Bonchev–Trinajstić information content (AvgIpc) is 2.31. The predicted molar refractivity (Wildman–Crippen MR) is 73.7 cm³/mol. The molecule has 2 amide bonds. The van der Waals surface area contributed by atoms with Crippen molar-refractivity contribution < 1.29 is 19.5 Å². The number of aliphatic carboxylic acids is 1. The summed E-state index contributed by atoms with van der Waals surface area (Å²) in [6.45, 7) is 5.45. The van der Waals surface area contributed by atoms with Crippen LogP contribution in [0.15, 0.2) is 11.6 Å². The van der Waals surface area contributed by atoms with Crippen molar-refractivity contribution in [3.63, 3.8) is 0 Å². The highest BCUT2D eigenvalue weighted by Gasteiger charge is 2.50. The van der Waals surface area contributed by atoms with E-state index >= 15 is 0 Å². The fourth-order valence-electron chi connectivity index (χ4n) is 2.57. The number of hydrogen-bond acceptors (Lipinski definition) is 3. The number of primary amides is 1. The summed E-state index contributed by atoms with van der Waals surface area (Å²) in [5.74, 6) is -1.87. The van der Waals surface area contributed by atoms with Gasteiger partial charge in [-0.2, -0.15) is 0 Å². The van der Waals surface area contributed by atoms with E-state index < -0.39 is 22.8 Å². The van der Waals surface area contributed by atoms with Gasteiger partial charge >= 0.3 is 5.97 Å². The molecule has 2 unspecified atom stereocenters. The minimum Gasteiger partial charge on any atom is -0.481 e. The Bertz CT molecular complexity index is 472. The van der Waals surface area contributed by atoms with Crippen LogP contribution in [-0.4, -0.2) is 28.4 Å². The largest absolute Gasteiger partial charge is 0.481 e. The topological polar surface area (TPSA) is 109 Å². The number of carbonyl (C=O) groups excluding carboxylic acids is 2. The van der Waals surface area contributed by atoms with E-state index in [0.717, 1.165) is 5.57 Å². The maximum Gasteiger partial charge on any atom is 0.303 e. The van der Waals surface area contributed by atoms with E-state index in [4.69, 9.17) is 10.8 Å². The Labute approximate surface area is 118 Å². The van der Waals surface area contributed by atoms with E-state index in [2.05, 4.69) is 5.32 Å². The van der Waals surface area contributed by atoms with Crippen LogP contribution >= 0.6 is 0 Å². The van der Waals surface area contributed by atoms with E-state index in [0.29, 0.717) is 12.8 Å². The molecule has 6 nitrogen and oxygen atoms in total. The molecule has 0 spiro atoms. The van der Waals surface area contributed by atoms with Gasteiger partial charge in [-0.15, -0.1) is 0 Å². The molecule has 1 aliphatic rings. The van der Waals surface area contributed by atoms with Gasteiger partial charge in [0.05, 0.1) is 17.4 Å². The molecule has 0 fully saturated rings. The van der Waals surface area contributed by atoms with Gasteiger partial charge in [0.15, 0.2) is 0 Å². The van der Waals surface area contributed by atoms with Crippen molar-refractivity contribution in [3.05, 3.63) is 11.6 Å². The second-order valence-corrected chi connectivity index (χ2v) is 5.90. The van der Waals surface area contributed by atoms with E-state index in [1.165, 1.54) is 0 Å². The van der Waals surface area contributed by atoms with Crippen molar-refractivity contribution in [2.75, 3.05) is 0 Å². The molecule has 0 aromatic carbocycles. The molecule has 4 N–H and O–H groups in total. The highest BCUT2D eigenvalue weighted by Crippen LogP contribution is 2.43. The highest BCUT2D eigenvalue weighted by atomic mass is 16.4. The number of carbonyl (C=O) groups is 3. The Morgan fingerprint density at radius 1 is 1.35 bits per heavy atom. The minimum absolute atomic E-state index is 0.109. The van der Waals surface area contributed by atoms with Gasteiger partial charge in [-0.25, -0.2) is 0 Å². The van der Waals surface area contributed by atoms with Crippen molar-refractivity contribution in [1.82, 2.24) is 5.32 Å². The van der Waals surface area contributed by atoms with Crippen LogP contribution in [-0.2, 0) is 14.4 Å². The lowest BCUT2D eigenvalue weighted by molar-refractivity contribution is -0.140. The van der Waals surface area contributed by atoms with Crippen molar-refractivity contribution in [2.45, 2.75) is 52.0 Å². The van der Waals surface area contributed by atoms with Crippen LogP contribution < -0.4 is 11.1 Å². The Balaban J connectivity index is 2.92. The quantitative estimate of drug-likeness (QED) is 0.652. The van der Waals surface area contributed by atoms with Gasteiger partial charge in [-0.05, 0) is 33.6 Å². The van der Waals surface area contributed by atoms with Gasteiger partial charge in [0.2, 0.25) is 11.8 Å². The molecule has 0 aromatic heterocycles. The summed E-state index contributed by atoms with van der Waals surface area (Å²) in [6, 6.07) is 0. The molecule has 0 saturated carbocycles. The minimum atomic E-state index is -1.03. The zero-order valence-corrected chi connectivity index (χ0v) is 12.2. The first-order valence-electron chi connectivity index (χ1n) is 6.59. The van der Waals surface area contributed by atoms with Crippen molar-refractivity contribution >= 4 is 17.8 Å². The zero-order chi connectivity index (χ0) is 15.6. The molecule has 0 bridgehead atoms. The first-order chi connectivity index (χ1) is 9.10. The van der Waals surface area contributed by atoms with Crippen LogP contribution in [0.3, 0.4) is 0 Å². The normalized spacial score (nSPS) is 29.4. The summed E-state index contributed by atoms with van der Waals surface area (Å²) in [7, 11) is 0. The highest BCUT2D eigenvalue weighted by molar-refractivity contribution is 5.86. The second-order valence-electron chi connectivity index (χ2n) is 5.90. The van der Waals surface area contributed by atoms with Crippen LogP contribution in [0.5, 0.6) is 0 Å². The Kier molecular flexibility index (Phi) is 4.57. The predicted octanol–water partition coefficient (Wildman–Crippen LogP) is 0.958. The van der Waals surface area contributed by atoms with Crippen LogP contribution in [0.2, 0.25) is 0 Å². The van der Waals surface area contributed by atoms with Crippen molar-refractivity contribution in [2.24, 2.45) is 11.1 Å². The third-order valence-electron chi connectivity index (χ3n) is 4.23. The number of allylic oxidation sites excluding steroid dienone is 1. The maximum absolute atomic E-state index is 11.9. The molecule has 0 saturated heterocycles. The third-order valence-corrected chi connectivity index (χ3v) is 4.23. The van der Waals surface area contributed by atoms with E-state index in [1.54, 1.807) is 13.8 Å². The number of hydrogen-bond donors (Lipinski definition) is 3. The molecule has 20 heavy (non-hydrogen) atoms. The molecular weight excluding hydrogens is 260 g/mol. The summed E-state index contributed by atoms with van der Waals surface area (Å²) in [6.07, 6.45) is 2.59. The number of nitrogens with two attached hydrogens (primary N) is 1. The van der Waals surface area contributed by atoms with E-state index in [1.807, 2.05) is 13.0 Å².